The van der Waals surface area contributed by atoms with Gasteiger partial charge in [0.15, 0.2) is 0 Å². The van der Waals surface area contributed by atoms with E-state index in [0.29, 0.717) is 0 Å². The molecule has 0 saturated carbocycles. The van der Waals surface area contributed by atoms with Crippen LogP contribution in [0.25, 0.3) is 11.3 Å². The number of anilines is 1. The Morgan fingerprint density at radius 1 is 1.10 bits per heavy atom. The third-order valence-corrected chi connectivity index (χ3v) is 3.76. The zero-order valence-electron chi connectivity index (χ0n) is 11.5. The molecule has 0 aliphatic carbocycles. The maximum Gasteiger partial charge on any atom is 0.125 e. The Bertz CT molecular complexity index is 736. The summed E-state index contributed by atoms with van der Waals surface area (Å²) >= 11 is 0. The number of pyridine rings is 2. The van der Waals surface area contributed by atoms with Crippen LogP contribution in [0, 0.1) is 0 Å². The minimum absolute atomic E-state index is 0.193. The molecule has 5 heteroatoms. The first-order chi connectivity index (χ1) is 10.4. The van der Waals surface area contributed by atoms with E-state index in [4.69, 9.17) is 5.10 Å². The van der Waals surface area contributed by atoms with Crippen molar-refractivity contribution < 1.29 is 0 Å². The lowest BCUT2D eigenvalue weighted by Crippen LogP contribution is -2.24. The number of rotatable bonds is 2. The highest BCUT2D eigenvalue weighted by molar-refractivity contribution is 5.63. The van der Waals surface area contributed by atoms with Gasteiger partial charge >= 0.3 is 0 Å². The van der Waals surface area contributed by atoms with E-state index in [1.165, 1.54) is 0 Å². The van der Waals surface area contributed by atoms with Crippen molar-refractivity contribution in [3.05, 3.63) is 60.7 Å². The molecule has 1 aliphatic rings. The fourth-order valence-electron chi connectivity index (χ4n) is 2.73. The molecular formula is C16H15N5. The van der Waals surface area contributed by atoms with Crippen LogP contribution in [0.5, 0.6) is 0 Å². The molecule has 1 N–H and O–H groups in total. The monoisotopic (exact) mass is 277 g/mol. The van der Waals surface area contributed by atoms with Crippen LogP contribution >= 0.6 is 0 Å². The molecule has 0 radical (unpaired) electrons. The highest BCUT2D eigenvalue weighted by Gasteiger charge is 2.24. The summed E-state index contributed by atoms with van der Waals surface area (Å²) in [6.07, 6.45) is 6.40. The number of hydrogen-bond donors (Lipinski definition) is 1. The van der Waals surface area contributed by atoms with Crippen molar-refractivity contribution in [3.8, 4) is 11.3 Å². The Balaban J connectivity index is 1.77. The van der Waals surface area contributed by atoms with E-state index in [0.717, 1.165) is 35.7 Å². The van der Waals surface area contributed by atoms with Gasteiger partial charge in [-0.3, -0.25) is 9.97 Å². The molecule has 104 valence electrons. The average Bonchev–Trinajstić information content (AvgIpc) is 3.00. The van der Waals surface area contributed by atoms with Gasteiger partial charge in [0.2, 0.25) is 0 Å². The summed E-state index contributed by atoms with van der Waals surface area (Å²) in [5.41, 5.74) is 3.10. The summed E-state index contributed by atoms with van der Waals surface area (Å²) in [5, 5.41) is 8.17. The van der Waals surface area contributed by atoms with Gasteiger partial charge in [0.1, 0.15) is 5.82 Å². The van der Waals surface area contributed by atoms with Gasteiger partial charge in [0.25, 0.3) is 0 Å². The van der Waals surface area contributed by atoms with Gasteiger partial charge in [-0.15, -0.1) is 0 Å². The van der Waals surface area contributed by atoms with Gasteiger partial charge in [-0.05, 0) is 30.7 Å². The van der Waals surface area contributed by atoms with E-state index in [9.17, 15) is 0 Å². The van der Waals surface area contributed by atoms with Crippen molar-refractivity contribution in [2.45, 2.75) is 12.5 Å². The maximum atomic E-state index is 4.77. The van der Waals surface area contributed by atoms with Gasteiger partial charge in [-0.25, -0.2) is 4.68 Å². The van der Waals surface area contributed by atoms with Crippen LogP contribution in [0.3, 0.4) is 0 Å². The quantitative estimate of drug-likeness (QED) is 0.782. The van der Waals surface area contributed by atoms with E-state index < -0.39 is 0 Å². The first-order valence-corrected chi connectivity index (χ1v) is 7.06. The molecule has 3 aromatic heterocycles. The van der Waals surface area contributed by atoms with Gasteiger partial charge < -0.3 is 5.32 Å². The van der Waals surface area contributed by atoms with E-state index in [2.05, 4.69) is 27.4 Å². The Morgan fingerprint density at radius 3 is 2.81 bits per heavy atom. The molecule has 0 bridgehead atoms. The van der Waals surface area contributed by atoms with Crippen LogP contribution in [0.4, 0.5) is 5.82 Å². The Kier molecular flexibility index (Phi) is 2.88. The molecule has 4 rings (SSSR count). The summed E-state index contributed by atoms with van der Waals surface area (Å²) in [4.78, 5) is 8.54. The van der Waals surface area contributed by atoms with E-state index in [1.807, 2.05) is 35.1 Å². The molecule has 3 aromatic rings. The zero-order chi connectivity index (χ0) is 14.1. The molecule has 0 saturated heterocycles. The molecule has 1 aliphatic heterocycles. The molecule has 5 nitrogen and oxygen atoms in total. The van der Waals surface area contributed by atoms with Gasteiger partial charge in [-0.1, -0.05) is 6.07 Å². The second kappa shape index (κ2) is 5.01. The zero-order valence-corrected chi connectivity index (χ0v) is 11.5. The lowest BCUT2D eigenvalue weighted by atomic mass is 10.1. The highest BCUT2D eigenvalue weighted by Crippen LogP contribution is 2.31. The Hall–Kier alpha value is -2.69. The summed E-state index contributed by atoms with van der Waals surface area (Å²) in [6, 6.07) is 12.3. The van der Waals surface area contributed by atoms with E-state index in [-0.39, 0.29) is 6.04 Å². The number of fused-ring (bicyclic) bond motifs is 1. The third-order valence-electron chi connectivity index (χ3n) is 3.76. The summed E-state index contributed by atoms with van der Waals surface area (Å²) < 4.78 is 2.04. The minimum atomic E-state index is 0.193. The SMILES string of the molecule is c1ccc(C2CCNc3cc(-c4ccncc4)nn32)nc1. The van der Waals surface area contributed by atoms with Crippen LogP contribution < -0.4 is 5.32 Å². The van der Waals surface area contributed by atoms with Crippen LogP contribution in [0.1, 0.15) is 18.2 Å². The van der Waals surface area contributed by atoms with Gasteiger partial charge in [0, 0.05) is 36.8 Å². The molecule has 1 unspecified atom stereocenters. The highest BCUT2D eigenvalue weighted by atomic mass is 15.4. The van der Waals surface area contributed by atoms with Crippen molar-refractivity contribution in [1.29, 1.82) is 0 Å². The molecule has 0 amide bonds. The number of nitrogens with zero attached hydrogens (tertiary/aromatic N) is 4. The van der Waals surface area contributed by atoms with Crippen LogP contribution in [-0.2, 0) is 0 Å². The van der Waals surface area contributed by atoms with Crippen LogP contribution in [0.15, 0.2) is 55.0 Å². The first-order valence-electron chi connectivity index (χ1n) is 7.06. The first kappa shape index (κ1) is 12.1. The van der Waals surface area contributed by atoms with E-state index in [1.54, 1.807) is 12.4 Å². The van der Waals surface area contributed by atoms with Gasteiger partial charge in [-0.2, -0.15) is 5.10 Å². The van der Waals surface area contributed by atoms with Crippen molar-refractivity contribution in [2.75, 3.05) is 11.9 Å². The lowest BCUT2D eigenvalue weighted by Gasteiger charge is -2.25. The molecule has 0 spiro atoms. The maximum absolute atomic E-state index is 4.77. The summed E-state index contributed by atoms with van der Waals surface area (Å²) in [7, 11) is 0. The topological polar surface area (TPSA) is 55.6 Å². The largest absolute Gasteiger partial charge is 0.370 e. The normalized spacial score (nSPS) is 17.0. The number of nitrogens with one attached hydrogen (secondary N) is 1. The lowest BCUT2D eigenvalue weighted by molar-refractivity contribution is 0.473. The molecule has 4 heterocycles. The molecule has 21 heavy (non-hydrogen) atoms. The predicted molar refractivity (Wildman–Crippen MR) is 80.9 cm³/mol. The van der Waals surface area contributed by atoms with E-state index >= 15 is 0 Å². The molecule has 0 fully saturated rings. The van der Waals surface area contributed by atoms with Crippen LogP contribution in [-0.4, -0.2) is 26.3 Å². The van der Waals surface area contributed by atoms with Crippen molar-refractivity contribution in [1.82, 2.24) is 19.7 Å². The second-order valence-corrected chi connectivity index (χ2v) is 5.08. The van der Waals surface area contributed by atoms with Gasteiger partial charge in [0.05, 0.1) is 17.4 Å². The Morgan fingerprint density at radius 2 is 2.00 bits per heavy atom. The predicted octanol–water partition coefficient (Wildman–Crippen LogP) is 2.75. The molecule has 0 aromatic carbocycles. The molecular weight excluding hydrogens is 262 g/mol. The summed E-state index contributed by atoms with van der Waals surface area (Å²) in [6.45, 7) is 0.933. The third kappa shape index (κ3) is 2.16. The average molecular weight is 277 g/mol. The number of hydrogen-bond acceptors (Lipinski definition) is 4. The van der Waals surface area contributed by atoms with Crippen molar-refractivity contribution in [2.24, 2.45) is 0 Å². The smallest absolute Gasteiger partial charge is 0.125 e. The second-order valence-electron chi connectivity index (χ2n) is 5.08. The fourth-order valence-corrected chi connectivity index (χ4v) is 2.73. The summed E-state index contributed by atoms with van der Waals surface area (Å²) in [5.74, 6) is 1.05. The minimum Gasteiger partial charge on any atom is -0.370 e. The van der Waals surface area contributed by atoms with Crippen molar-refractivity contribution >= 4 is 5.82 Å². The fraction of sp³-hybridized carbons (Fsp3) is 0.188. The standard InChI is InChI=1S/C16H15N5/c1-2-7-18-13(3-1)15-6-10-19-16-11-14(20-21(15)16)12-4-8-17-9-5-12/h1-5,7-9,11,15,19H,6,10H2. The number of aromatic nitrogens is 4. The van der Waals surface area contributed by atoms with Crippen molar-refractivity contribution in [3.63, 3.8) is 0 Å². The Labute approximate surface area is 122 Å². The van der Waals surface area contributed by atoms with Crippen LogP contribution in [0.2, 0.25) is 0 Å². The molecule has 1 atom stereocenters.